The smallest absolute Gasteiger partial charge is 0.262 e. The zero-order chi connectivity index (χ0) is 18.8. The summed E-state index contributed by atoms with van der Waals surface area (Å²) in [6.07, 6.45) is 5.43. The van der Waals surface area contributed by atoms with Gasteiger partial charge in [-0.2, -0.15) is 4.31 Å². The third kappa shape index (κ3) is 4.13. The third-order valence-corrected chi connectivity index (χ3v) is 8.40. The number of piperidine rings is 1. The molecule has 0 atom stereocenters. The van der Waals surface area contributed by atoms with Crippen LogP contribution in [-0.4, -0.2) is 61.8 Å². The number of amides is 1. The Morgan fingerprint density at radius 1 is 1.12 bits per heavy atom. The first-order valence-electron chi connectivity index (χ1n) is 9.43. The molecule has 3 heterocycles. The van der Waals surface area contributed by atoms with Gasteiger partial charge in [-0.05, 0) is 64.1 Å². The molecular formula is C18H29N3O3S2. The maximum Gasteiger partial charge on any atom is 0.262 e. The first-order valence-corrected chi connectivity index (χ1v) is 11.8. The molecule has 0 bridgehead atoms. The molecule has 2 saturated heterocycles. The lowest BCUT2D eigenvalue weighted by molar-refractivity contribution is 0.0798. The topological polar surface area (TPSA) is 69.7 Å². The minimum absolute atomic E-state index is 0.138. The standard InChI is InChI=1S/C18H29N3O3S2/c1-18(2,20-9-4-3-5-10-20)14-19-17(22)16-15(8-13-25-16)26(23,24)21-11-6-7-12-21/h8,13H,3-7,9-12,14H2,1-2H3,(H,19,22). The summed E-state index contributed by atoms with van der Waals surface area (Å²) in [6.45, 7) is 7.96. The summed E-state index contributed by atoms with van der Waals surface area (Å²) < 4.78 is 27.1. The largest absolute Gasteiger partial charge is 0.349 e. The summed E-state index contributed by atoms with van der Waals surface area (Å²) >= 11 is 1.20. The molecule has 2 aliphatic rings. The molecule has 0 aliphatic carbocycles. The van der Waals surface area contributed by atoms with Crippen LogP contribution in [0.25, 0.3) is 0 Å². The van der Waals surface area contributed by atoms with Gasteiger partial charge in [0.15, 0.2) is 0 Å². The summed E-state index contributed by atoms with van der Waals surface area (Å²) in [5.74, 6) is -0.289. The van der Waals surface area contributed by atoms with Crippen LogP contribution in [0.5, 0.6) is 0 Å². The molecule has 8 heteroatoms. The molecule has 0 saturated carbocycles. The molecule has 0 unspecified atom stereocenters. The Bertz CT molecular complexity index is 731. The van der Waals surface area contributed by atoms with Gasteiger partial charge in [-0.1, -0.05) is 6.42 Å². The number of sulfonamides is 1. The average Bonchev–Trinajstić information content (AvgIpc) is 3.32. The van der Waals surface area contributed by atoms with Crippen LogP contribution >= 0.6 is 11.3 Å². The Kier molecular flexibility index (Phi) is 6.06. The van der Waals surface area contributed by atoms with Crippen molar-refractivity contribution in [2.45, 2.75) is 56.4 Å². The molecule has 6 nitrogen and oxygen atoms in total. The fourth-order valence-electron chi connectivity index (χ4n) is 3.72. The molecule has 26 heavy (non-hydrogen) atoms. The van der Waals surface area contributed by atoms with Crippen molar-refractivity contribution >= 4 is 27.3 Å². The molecule has 2 fully saturated rings. The predicted octanol–water partition coefficient (Wildman–Crippen LogP) is 2.53. The lowest BCUT2D eigenvalue weighted by Gasteiger charge is -2.41. The van der Waals surface area contributed by atoms with E-state index in [4.69, 9.17) is 0 Å². The molecule has 1 amide bonds. The molecule has 146 valence electrons. The molecule has 1 aromatic heterocycles. The van der Waals surface area contributed by atoms with Gasteiger partial charge in [-0.3, -0.25) is 9.69 Å². The van der Waals surface area contributed by atoms with Crippen molar-refractivity contribution in [3.8, 4) is 0 Å². The van der Waals surface area contributed by atoms with Crippen LogP contribution in [0, 0.1) is 0 Å². The van der Waals surface area contributed by atoms with Crippen LogP contribution < -0.4 is 5.32 Å². The number of nitrogens with zero attached hydrogens (tertiary/aromatic N) is 2. The monoisotopic (exact) mass is 399 g/mol. The number of rotatable bonds is 6. The normalized spacial score (nSPS) is 20.4. The summed E-state index contributed by atoms with van der Waals surface area (Å²) in [7, 11) is -3.57. The predicted molar refractivity (Wildman–Crippen MR) is 104 cm³/mol. The summed E-state index contributed by atoms with van der Waals surface area (Å²) in [6, 6.07) is 1.56. The zero-order valence-corrected chi connectivity index (χ0v) is 17.3. The maximum absolute atomic E-state index is 12.8. The highest BCUT2D eigenvalue weighted by Gasteiger charge is 2.33. The Hall–Kier alpha value is -0.960. The van der Waals surface area contributed by atoms with Gasteiger partial charge >= 0.3 is 0 Å². The van der Waals surface area contributed by atoms with Crippen LogP contribution in [0.4, 0.5) is 0 Å². The van der Waals surface area contributed by atoms with Crippen molar-refractivity contribution in [1.82, 2.24) is 14.5 Å². The summed E-state index contributed by atoms with van der Waals surface area (Å²) in [4.78, 5) is 15.6. The number of nitrogens with one attached hydrogen (secondary N) is 1. The van der Waals surface area contributed by atoms with Crippen LogP contribution in [0.2, 0.25) is 0 Å². The van der Waals surface area contributed by atoms with E-state index in [1.807, 2.05) is 0 Å². The number of hydrogen-bond donors (Lipinski definition) is 1. The number of thiophene rings is 1. The highest BCUT2D eigenvalue weighted by Crippen LogP contribution is 2.28. The second kappa shape index (κ2) is 7.96. The molecule has 0 radical (unpaired) electrons. The van der Waals surface area contributed by atoms with Gasteiger partial charge in [0.05, 0.1) is 0 Å². The van der Waals surface area contributed by atoms with Gasteiger partial charge in [0.2, 0.25) is 10.0 Å². The van der Waals surface area contributed by atoms with Gasteiger partial charge in [0, 0.05) is 25.2 Å². The second-order valence-corrected chi connectivity index (χ2v) is 10.6. The van der Waals surface area contributed by atoms with E-state index >= 15 is 0 Å². The highest BCUT2D eigenvalue weighted by molar-refractivity contribution is 7.89. The fourth-order valence-corrected chi connectivity index (χ4v) is 6.56. The molecule has 3 rings (SSSR count). The van der Waals surface area contributed by atoms with Crippen LogP contribution in [0.1, 0.15) is 55.6 Å². The Morgan fingerprint density at radius 3 is 2.38 bits per heavy atom. The first kappa shape index (κ1) is 19.8. The number of carbonyl (C=O) groups excluding carboxylic acids is 1. The van der Waals surface area contributed by atoms with Crippen molar-refractivity contribution in [3.05, 3.63) is 16.3 Å². The van der Waals surface area contributed by atoms with E-state index in [1.54, 1.807) is 11.4 Å². The molecule has 1 N–H and O–H groups in total. The number of hydrogen-bond acceptors (Lipinski definition) is 5. The number of carbonyl (C=O) groups is 1. The molecule has 1 aromatic rings. The zero-order valence-electron chi connectivity index (χ0n) is 15.7. The SMILES string of the molecule is CC(C)(CNC(=O)c1sccc1S(=O)(=O)N1CCCC1)N1CCCCC1. The molecular weight excluding hydrogens is 370 g/mol. The van der Waals surface area contributed by atoms with Gasteiger partial charge < -0.3 is 5.32 Å². The van der Waals surface area contributed by atoms with E-state index in [9.17, 15) is 13.2 Å². The molecule has 0 aromatic carbocycles. The van der Waals surface area contributed by atoms with Crippen molar-refractivity contribution in [2.24, 2.45) is 0 Å². The minimum Gasteiger partial charge on any atom is -0.349 e. The maximum atomic E-state index is 12.8. The summed E-state index contributed by atoms with van der Waals surface area (Å²) in [5, 5.41) is 4.66. The van der Waals surface area contributed by atoms with Crippen LogP contribution in [-0.2, 0) is 10.0 Å². The third-order valence-electron chi connectivity index (χ3n) is 5.41. The molecule has 0 spiro atoms. The van der Waals surface area contributed by atoms with E-state index in [2.05, 4.69) is 24.1 Å². The van der Waals surface area contributed by atoms with Crippen molar-refractivity contribution in [1.29, 1.82) is 0 Å². The lowest BCUT2D eigenvalue weighted by atomic mass is 9.98. The Morgan fingerprint density at radius 2 is 1.73 bits per heavy atom. The Balaban J connectivity index is 1.68. The minimum atomic E-state index is -3.57. The fraction of sp³-hybridized carbons (Fsp3) is 0.722. The van der Waals surface area contributed by atoms with E-state index in [0.29, 0.717) is 24.5 Å². The van der Waals surface area contributed by atoms with E-state index in [-0.39, 0.29) is 16.3 Å². The van der Waals surface area contributed by atoms with Crippen LogP contribution in [0.15, 0.2) is 16.3 Å². The highest BCUT2D eigenvalue weighted by atomic mass is 32.2. The first-order chi connectivity index (χ1) is 12.3. The van der Waals surface area contributed by atoms with Crippen molar-refractivity contribution in [2.75, 3.05) is 32.7 Å². The van der Waals surface area contributed by atoms with E-state index in [1.165, 1.54) is 34.9 Å². The quantitative estimate of drug-likeness (QED) is 0.798. The second-order valence-electron chi connectivity index (χ2n) is 7.77. The average molecular weight is 400 g/mol. The van der Waals surface area contributed by atoms with E-state index in [0.717, 1.165) is 25.9 Å². The molecule has 2 aliphatic heterocycles. The Labute approximate surface area is 160 Å². The lowest BCUT2D eigenvalue weighted by Crippen LogP contribution is -2.53. The van der Waals surface area contributed by atoms with Crippen LogP contribution in [0.3, 0.4) is 0 Å². The summed E-state index contributed by atoms with van der Waals surface area (Å²) in [5.41, 5.74) is -0.138. The van der Waals surface area contributed by atoms with Crippen molar-refractivity contribution in [3.63, 3.8) is 0 Å². The van der Waals surface area contributed by atoms with Gasteiger partial charge in [-0.25, -0.2) is 8.42 Å². The van der Waals surface area contributed by atoms with Gasteiger partial charge in [0.25, 0.3) is 5.91 Å². The van der Waals surface area contributed by atoms with Crippen molar-refractivity contribution < 1.29 is 13.2 Å². The number of likely N-dealkylation sites (tertiary alicyclic amines) is 1. The van der Waals surface area contributed by atoms with Gasteiger partial charge in [-0.15, -0.1) is 11.3 Å². The van der Waals surface area contributed by atoms with E-state index < -0.39 is 10.0 Å². The van der Waals surface area contributed by atoms with Gasteiger partial charge in [0.1, 0.15) is 9.77 Å².